The van der Waals surface area contributed by atoms with Crippen molar-refractivity contribution in [3.8, 4) is 0 Å². The van der Waals surface area contributed by atoms with Gasteiger partial charge < -0.3 is 5.32 Å². The summed E-state index contributed by atoms with van der Waals surface area (Å²) in [5, 5.41) is 3.79. The smallest absolute Gasteiger partial charge is 0.0374 e. The molecule has 1 heterocycles. The van der Waals surface area contributed by atoms with E-state index in [1.165, 1.54) is 49.8 Å². The Balaban J connectivity index is 1.71. The van der Waals surface area contributed by atoms with Crippen LogP contribution in [-0.4, -0.2) is 6.04 Å². The van der Waals surface area contributed by atoms with Crippen LogP contribution in [0.4, 0.5) is 5.69 Å². The Morgan fingerprint density at radius 1 is 1.12 bits per heavy atom. The van der Waals surface area contributed by atoms with Gasteiger partial charge in [0.25, 0.3) is 0 Å². The van der Waals surface area contributed by atoms with E-state index in [1.807, 2.05) is 0 Å². The fraction of sp³-hybridized carbons (Fsp3) is 0.625. The SMILES string of the molecule is CC1CCCC(C2CCc3ccccc3N2)C1. The highest BCUT2D eigenvalue weighted by Crippen LogP contribution is 2.36. The first-order valence-corrected chi connectivity index (χ1v) is 7.17. The van der Waals surface area contributed by atoms with Gasteiger partial charge in [-0.05, 0) is 49.1 Å². The maximum atomic E-state index is 3.79. The van der Waals surface area contributed by atoms with Gasteiger partial charge in [0, 0.05) is 11.7 Å². The molecule has 1 aliphatic heterocycles. The molecule has 1 aromatic carbocycles. The van der Waals surface area contributed by atoms with Gasteiger partial charge in [-0.1, -0.05) is 38.0 Å². The highest BCUT2D eigenvalue weighted by molar-refractivity contribution is 5.53. The third-order valence-corrected chi connectivity index (χ3v) is 4.63. The largest absolute Gasteiger partial charge is 0.382 e. The molecule has 0 radical (unpaired) electrons. The Hall–Kier alpha value is -0.980. The first-order chi connectivity index (χ1) is 8.33. The van der Waals surface area contributed by atoms with E-state index in [-0.39, 0.29) is 0 Å². The number of aryl methyl sites for hydroxylation is 1. The second kappa shape index (κ2) is 4.72. The summed E-state index contributed by atoms with van der Waals surface area (Å²) in [4.78, 5) is 0. The van der Waals surface area contributed by atoms with Crippen LogP contribution in [0.1, 0.15) is 44.6 Å². The molecular weight excluding hydrogens is 206 g/mol. The fourth-order valence-electron chi connectivity index (χ4n) is 3.66. The number of fused-ring (bicyclic) bond motifs is 1. The molecule has 1 saturated carbocycles. The molecule has 0 aromatic heterocycles. The zero-order valence-electron chi connectivity index (χ0n) is 10.8. The summed E-state index contributed by atoms with van der Waals surface area (Å²) >= 11 is 0. The highest BCUT2D eigenvalue weighted by atomic mass is 14.9. The quantitative estimate of drug-likeness (QED) is 0.759. The highest BCUT2D eigenvalue weighted by Gasteiger charge is 2.28. The average Bonchev–Trinajstić information content (AvgIpc) is 2.38. The van der Waals surface area contributed by atoms with E-state index in [1.54, 1.807) is 0 Å². The number of anilines is 1. The van der Waals surface area contributed by atoms with Crippen molar-refractivity contribution in [2.75, 3.05) is 5.32 Å². The molecule has 17 heavy (non-hydrogen) atoms. The Kier molecular flexibility index (Phi) is 3.09. The van der Waals surface area contributed by atoms with E-state index in [0.29, 0.717) is 0 Å². The number of benzene rings is 1. The van der Waals surface area contributed by atoms with Crippen molar-refractivity contribution < 1.29 is 0 Å². The van der Waals surface area contributed by atoms with Crippen molar-refractivity contribution in [3.05, 3.63) is 29.8 Å². The number of hydrogen-bond acceptors (Lipinski definition) is 1. The average molecular weight is 229 g/mol. The molecule has 2 aliphatic rings. The van der Waals surface area contributed by atoms with Crippen LogP contribution in [0, 0.1) is 11.8 Å². The van der Waals surface area contributed by atoms with Crippen LogP contribution in [0.2, 0.25) is 0 Å². The van der Waals surface area contributed by atoms with Crippen molar-refractivity contribution in [1.29, 1.82) is 0 Å². The monoisotopic (exact) mass is 229 g/mol. The summed E-state index contributed by atoms with van der Waals surface area (Å²) in [6, 6.07) is 9.55. The third kappa shape index (κ3) is 2.34. The van der Waals surface area contributed by atoms with Gasteiger partial charge in [0.05, 0.1) is 0 Å². The Morgan fingerprint density at radius 3 is 2.88 bits per heavy atom. The normalized spacial score (nSPS) is 32.6. The molecule has 92 valence electrons. The molecule has 1 aliphatic carbocycles. The van der Waals surface area contributed by atoms with E-state index in [0.717, 1.165) is 17.9 Å². The molecule has 1 fully saturated rings. The third-order valence-electron chi connectivity index (χ3n) is 4.63. The van der Waals surface area contributed by atoms with E-state index < -0.39 is 0 Å². The Bertz CT molecular complexity index is 385. The summed E-state index contributed by atoms with van der Waals surface area (Å²) in [6.07, 6.45) is 8.34. The van der Waals surface area contributed by atoms with Gasteiger partial charge in [-0.3, -0.25) is 0 Å². The first-order valence-electron chi connectivity index (χ1n) is 7.17. The van der Waals surface area contributed by atoms with Crippen molar-refractivity contribution in [3.63, 3.8) is 0 Å². The van der Waals surface area contributed by atoms with Crippen molar-refractivity contribution in [2.45, 2.75) is 51.5 Å². The van der Waals surface area contributed by atoms with Gasteiger partial charge >= 0.3 is 0 Å². The van der Waals surface area contributed by atoms with Crippen LogP contribution < -0.4 is 5.32 Å². The molecule has 1 N–H and O–H groups in total. The van der Waals surface area contributed by atoms with Gasteiger partial charge in [0.2, 0.25) is 0 Å². The van der Waals surface area contributed by atoms with Gasteiger partial charge in [-0.15, -0.1) is 0 Å². The summed E-state index contributed by atoms with van der Waals surface area (Å²) in [7, 11) is 0. The van der Waals surface area contributed by atoms with Crippen LogP contribution in [0.3, 0.4) is 0 Å². The minimum absolute atomic E-state index is 0.729. The van der Waals surface area contributed by atoms with Gasteiger partial charge in [0.15, 0.2) is 0 Å². The maximum absolute atomic E-state index is 3.79. The van der Waals surface area contributed by atoms with E-state index in [2.05, 4.69) is 36.5 Å². The van der Waals surface area contributed by atoms with E-state index in [9.17, 15) is 0 Å². The minimum atomic E-state index is 0.729. The molecule has 3 rings (SSSR count). The number of para-hydroxylation sites is 1. The van der Waals surface area contributed by atoms with Crippen LogP contribution in [0.5, 0.6) is 0 Å². The van der Waals surface area contributed by atoms with E-state index >= 15 is 0 Å². The van der Waals surface area contributed by atoms with Crippen LogP contribution in [0.25, 0.3) is 0 Å². The molecule has 0 saturated heterocycles. The molecule has 3 atom stereocenters. The molecule has 0 bridgehead atoms. The summed E-state index contributed by atoms with van der Waals surface area (Å²) < 4.78 is 0. The Labute approximate surface area is 105 Å². The molecule has 0 spiro atoms. The standard InChI is InChI=1S/C16H23N/c1-12-5-4-7-14(11-12)16-10-9-13-6-2-3-8-15(13)17-16/h2-3,6,8,12,14,16-17H,4-5,7,9-11H2,1H3. The number of hydrogen-bond donors (Lipinski definition) is 1. The summed E-state index contributed by atoms with van der Waals surface area (Å²) in [5.74, 6) is 1.85. The van der Waals surface area contributed by atoms with E-state index in [4.69, 9.17) is 0 Å². The molecular formula is C16H23N. The molecule has 1 heteroatoms. The molecule has 0 amide bonds. The lowest BCUT2D eigenvalue weighted by Crippen LogP contribution is -2.35. The second-order valence-electron chi connectivity index (χ2n) is 5.98. The van der Waals surface area contributed by atoms with Crippen molar-refractivity contribution >= 4 is 5.69 Å². The first kappa shape index (κ1) is 11.1. The number of nitrogens with one attached hydrogen (secondary N) is 1. The zero-order valence-corrected chi connectivity index (χ0v) is 10.8. The zero-order chi connectivity index (χ0) is 11.7. The van der Waals surface area contributed by atoms with Crippen molar-refractivity contribution in [2.24, 2.45) is 11.8 Å². The Morgan fingerprint density at radius 2 is 2.00 bits per heavy atom. The topological polar surface area (TPSA) is 12.0 Å². The lowest BCUT2D eigenvalue weighted by molar-refractivity contribution is 0.247. The van der Waals surface area contributed by atoms with Crippen molar-refractivity contribution in [1.82, 2.24) is 0 Å². The molecule has 1 nitrogen and oxygen atoms in total. The summed E-state index contributed by atoms with van der Waals surface area (Å²) in [6.45, 7) is 2.42. The summed E-state index contributed by atoms with van der Waals surface area (Å²) in [5.41, 5.74) is 2.90. The number of rotatable bonds is 1. The minimum Gasteiger partial charge on any atom is -0.382 e. The fourth-order valence-corrected chi connectivity index (χ4v) is 3.66. The van der Waals surface area contributed by atoms with Gasteiger partial charge in [0.1, 0.15) is 0 Å². The maximum Gasteiger partial charge on any atom is 0.0374 e. The lowest BCUT2D eigenvalue weighted by atomic mass is 9.76. The van der Waals surface area contributed by atoms with Crippen LogP contribution >= 0.6 is 0 Å². The molecule has 3 unspecified atom stereocenters. The predicted molar refractivity (Wildman–Crippen MR) is 73.3 cm³/mol. The van der Waals surface area contributed by atoms with Gasteiger partial charge in [-0.25, -0.2) is 0 Å². The van der Waals surface area contributed by atoms with Crippen LogP contribution in [0.15, 0.2) is 24.3 Å². The second-order valence-corrected chi connectivity index (χ2v) is 5.98. The van der Waals surface area contributed by atoms with Crippen LogP contribution in [-0.2, 0) is 6.42 Å². The van der Waals surface area contributed by atoms with Gasteiger partial charge in [-0.2, -0.15) is 0 Å². The predicted octanol–water partition coefficient (Wildman–Crippen LogP) is 4.24. The lowest BCUT2D eigenvalue weighted by Gasteiger charge is -2.37. The molecule has 1 aromatic rings.